The summed E-state index contributed by atoms with van der Waals surface area (Å²) in [6, 6.07) is 16.7. The van der Waals surface area contributed by atoms with Gasteiger partial charge in [0.1, 0.15) is 18.2 Å². The largest absolute Gasteiger partial charge is 0.345 e. The third kappa shape index (κ3) is 3.69. The second kappa shape index (κ2) is 7.36. The molecule has 2 atom stereocenters. The van der Waals surface area contributed by atoms with Crippen molar-refractivity contribution in [1.29, 1.82) is 0 Å². The highest BCUT2D eigenvalue weighted by Crippen LogP contribution is 2.18. The van der Waals surface area contributed by atoms with E-state index in [1.807, 2.05) is 61.5 Å². The van der Waals surface area contributed by atoms with Crippen molar-refractivity contribution in [3.8, 4) is 0 Å². The van der Waals surface area contributed by atoms with Gasteiger partial charge < -0.3 is 10.3 Å². The lowest BCUT2D eigenvalue weighted by Gasteiger charge is -2.19. The zero-order valence-corrected chi connectivity index (χ0v) is 14.8. The van der Waals surface area contributed by atoms with E-state index in [0.29, 0.717) is 12.2 Å². The lowest BCUT2D eigenvalue weighted by molar-refractivity contribution is -0.125. The Hall–Kier alpha value is -3.55. The topological polar surface area (TPSA) is 101 Å². The molecule has 136 valence electrons. The molecule has 0 unspecified atom stereocenters. The van der Waals surface area contributed by atoms with Crippen LogP contribution in [0.3, 0.4) is 0 Å². The molecule has 2 heterocycles. The van der Waals surface area contributed by atoms with Gasteiger partial charge in [0.25, 0.3) is 0 Å². The summed E-state index contributed by atoms with van der Waals surface area (Å²) in [6.45, 7) is 1.90. The highest BCUT2D eigenvalue weighted by atomic mass is 16.2. The molecule has 4 rings (SSSR count). The van der Waals surface area contributed by atoms with Crippen LogP contribution < -0.4 is 5.32 Å². The van der Waals surface area contributed by atoms with E-state index >= 15 is 0 Å². The lowest BCUT2D eigenvalue weighted by atomic mass is 10.1. The van der Waals surface area contributed by atoms with E-state index in [1.165, 1.54) is 11.0 Å². The van der Waals surface area contributed by atoms with E-state index < -0.39 is 6.04 Å². The van der Waals surface area contributed by atoms with Crippen LogP contribution in [0.25, 0.3) is 11.0 Å². The Morgan fingerprint density at radius 1 is 1.15 bits per heavy atom. The number of aromatic amines is 1. The highest BCUT2D eigenvalue weighted by molar-refractivity contribution is 5.81. The number of amides is 1. The van der Waals surface area contributed by atoms with Crippen molar-refractivity contribution in [2.45, 2.75) is 25.4 Å². The maximum Gasteiger partial charge on any atom is 0.245 e. The van der Waals surface area contributed by atoms with Gasteiger partial charge >= 0.3 is 0 Å². The Bertz CT molecular complexity index is 994. The molecule has 0 radical (unpaired) electrons. The van der Waals surface area contributed by atoms with E-state index in [0.717, 1.165) is 16.6 Å². The first kappa shape index (κ1) is 16.9. The fraction of sp³-hybridized carbons (Fsp3) is 0.211. The molecular weight excluding hydrogens is 342 g/mol. The number of imidazole rings is 1. The molecule has 2 N–H and O–H groups in total. The van der Waals surface area contributed by atoms with Gasteiger partial charge in [-0.3, -0.25) is 4.79 Å². The van der Waals surface area contributed by atoms with Gasteiger partial charge in [0, 0.05) is 6.42 Å². The van der Waals surface area contributed by atoms with E-state index in [4.69, 9.17) is 0 Å². The standard InChI is InChI=1S/C19H19N7O/c1-13(18-22-15-9-5-6-10-16(15)23-18)21-19(27)17(26-12-20-24-25-26)11-14-7-3-2-4-8-14/h2-10,12-13,17H,11H2,1H3,(H,21,27)(H,22,23)/t13-,17+/m0/s1. The van der Waals surface area contributed by atoms with Gasteiger partial charge in [-0.25, -0.2) is 9.67 Å². The predicted molar refractivity (Wildman–Crippen MR) is 99.7 cm³/mol. The summed E-state index contributed by atoms with van der Waals surface area (Å²) in [5.41, 5.74) is 2.84. The third-order valence-corrected chi connectivity index (χ3v) is 4.44. The number of fused-ring (bicyclic) bond motifs is 1. The first-order chi connectivity index (χ1) is 13.2. The van der Waals surface area contributed by atoms with Gasteiger partial charge in [-0.05, 0) is 35.0 Å². The number of carbonyl (C=O) groups is 1. The van der Waals surface area contributed by atoms with Crippen LogP contribution in [0.2, 0.25) is 0 Å². The van der Waals surface area contributed by atoms with Crippen molar-refractivity contribution in [3.05, 3.63) is 72.3 Å². The van der Waals surface area contributed by atoms with Crippen LogP contribution in [0.1, 0.15) is 30.4 Å². The van der Waals surface area contributed by atoms with Crippen LogP contribution in [-0.4, -0.2) is 36.1 Å². The number of carbonyl (C=O) groups excluding carboxylic acids is 1. The molecule has 8 nitrogen and oxygen atoms in total. The molecule has 1 amide bonds. The van der Waals surface area contributed by atoms with Crippen LogP contribution in [0.15, 0.2) is 60.9 Å². The fourth-order valence-corrected chi connectivity index (χ4v) is 3.01. The summed E-state index contributed by atoms with van der Waals surface area (Å²) < 4.78 is 1.48. The van der Waals surface area contributed by atoms with Gasteiger partial charge in [0.15, 0.2) is 0 Å². The van der Waals surface area contributed by atoms with Gasteiger partial charge in [-0.2, -0.15) is 0 Å². The Morgan fingerprint density at radius 2 is 1.93 bits per heavy atom. The van der Waals surface area contributed by atoms with Gasteiger partial charge in [-0.15, -0.1) is 5.10 Å². The molecule has 0 fully saturated rings. The van der Waals surface area contributed by atoms with Crippen molar-refractivity contribution >= 4 is 16.9 Å². The monoisotopic (exact) mass is 361 g/mol. The maximum atomic E-state index is 13.0. The second-order valence-corrected chi connectivity index (χ2v) is 6.36. The minimum absolute atomic E-state index is 0.167. The van der Waals surface area contributed by atoms with Gasteiger partial charge in [-0.1, -0.05) is 42.5 Å². The Morgan fingerprint density at radius 3 is 2.67 bits per heavy atom. The molecule has 0 aliphatic carbocycles. The zero-order valence-electron chi connectivity index (χ0n) is 14.8. The number of nitrogens with one attached hydrogen (secondary N) is 2. The SMILES string of the molecule is C[C@H](NC(=O)[C@@H](Cc1ccccc1)n1cnnn1)c1nc2ccccc2[nH]1. The van der Waals surface area contributed by atoms with E-state index in [-0.39, 0.29) is 11.9 Å². The minimum Gasteiger partial charge on any atom is -0.345 e. The number of benzene rings is 2. The van der Waals surface area contributed by atoms with E-state index in [1.54, 1.807) is 0 Å². The van der Waals surface area contributed by atoms with Crippen molar-refractivity contribution in [1.82, 2.24) is 35.5 Å². The summed E-state index contributed by atoms with van der Waals surface area (Å²) in [5.74, 6) is 0.541. The zero-order chi connectivity index (χ0) is 18.6. The molecule has 4 aromatic rings. The molecule has 0 aliphatic heterocycles. The van der Waals surface area contributed by atoms with Crippen LogP contribution in [-0.2, 0) is 11.2 Å². The third-order valence-electron chi connectivity index (χ3n) is 4.44. The van der Waals surface area contributed by atoms with Crippen molar-refractivity contribution in [2.75, 3.05) is 0 Å². The van der Waals surface area contributed by atoms with Crippen LogP contribution in [0.5, 0.6) is 0 Å². The minimum atomic E-state index is -0.547. The van der Waals surface area contributed by atoms with E-state index in [2.05, 4.69) is 30.8 Å². The number of hydrogen-bond acceptors (Lipinski definition) is 5. The first-order valence-corrected chi connectivity index (χ1v) is 8.72. The predicted octanol–water partition coefficient (Wildman–Crippen LogP) is 2.21. The second-order valence-electron chi connectivity index (χ2n) is 6.36. The molecule has 2 aromatic carbocycles. The normalized spacial score (nSPS) is 13.4. The number of nitrogens with zero attached hydrogens (tertiary/aromatic N) is 5. The number of H-pyrrole nitrogens is 1. The average molecular weight is 361 g/mol. The summed E-state index contributed by atoms with van der Waals surface area (Å²) in [4.78, 5) is 20.8. The van der Waals surface area contributed by atoms with Crippen LogP contribution in [0, 0.1) is 0 Å². The van der Waals surface area contributed by atoms with Crippen molar-refractivity contribution < 1.29 is 4.79 Å². The summed E-state index contributed by atoms with van der Waals surface area (Å²) in [7, 11) is 0. The number of aromatic nitrogens is 6. The molecule has 0 saturated heterocycles. The molecule has 0 aliphatic rings. The van der Waals surface area contributed by atoms with Crippen LogP contribution in [0.4, 0.5) is 0 Å². The fourth-order valence-electron chi connectivity index (χ4n) is 3.01. The van der Waals surface area contributed by atoms with Crippen LogP contribution >= 0.6 is 0 Å². The molecule has 2 aromatic heterocycles. The summed E-state index contributed by atoms with van der Waals surface area (Å²) >= 11 is 0. The number of para-hydroxylation sites is 2. The Labute approximate surface area is 155 Å². The molecule has 0 saturated carbocycles. The number of rotatable bonds is 6. The Kier molecular flexibility index (Phi) is 4.61. The maximum absolute atomic E-state index is 13.0. The van der Waals surface area contributed by atoms with Crippen molar-refractivity contribution in [2.24, 2.45) is 0 Å². The number of tetrazole rings is 1. The highest BCUT2D eigenvalue weighted by Gasteiger charge is 2.24. The molecule has 0 bridgehead atoms. The van der Waals surface area contributed by atoms with Gasteiger partial charge in [0.05, 0.1) is 17.1 Å². The molecule has 27 heavy (non-hydrogen) atoms. The average Bonchev–Trinajstić information content (AvgIpc) is 3.36. The van der Waals surface area contributed by atoms with Gasteiger partial charge in [0.2, 0.25) is 5.91 Å². The number of hydrogen-bond donors (Lipinski definition) is 2. The Balaban J connectivity index is 1.54. The molecule has 8 heteroatoms. The molecule has 0 spiro atoms. The first-order valence-electron chi connectivity index (χ1n) is 8.72. The summed E-state index contributed by atoms with van der Waals surface area (Å²) in [6.07, 6.45) is 1.95. The van der Waals surface area contributed by atoms with E-state index in [9.17, 15) is 4.79 Å². The smallest absolute Gasteiger partial charge is 0.245 e. The molecular formula is C19H19N7O. The lowest BCUT2D eigenvalue weighted by Crippen LogP contribution is -2.36. The quantitative estimate of drug-likeness (QED) is 0.548. The van der Waals surface area contributed by atoms with Crippen molar-refractivity contribution in [3.63, 3.8) is 0 Å². The summed E-state index contributed by atoms with van der Waals surface area (Å²) in [5, 5.41) is 14.3.